The highest BCUT2D eigenvalue weighted by atomic mass is 16.7. The van der Waals surface area contributed by atoms with E-state index in [1.165, 1.54) is 24.3 Å². The lowest BCUT2D eigenvalue weighted by Crippen LogP contribution is -2.61. The summed E-state index contributed by atoms with van der Waals surface area (Å²) >= 11 is 0. The number of fused-ring (bicyclic) bond motifs is 1. The molecule has 1 fully saturated rings. The summed E-state index contributed by atoms with van der Waals surface area (Å²) < 4.78 is 28.3. The monoisotopic (exact) mass is 544 g/mol. The fourth-order valence-corrected chi connectivity index (χ4v) is 4.46. The van der Waals surface area contributed by atoms with Crippen LogP contribution in [0.2, 0.25) is 0 Å². The van der Waals surface area contributed by atoms with Crippen molar-refractivity contribution in [3.8, 4) is 34.3 Å². The summed E-state index contributed by atoms with van der Waals surface area (Å²) in [5.41, 5.74) is -0.741. The molecule has 1 saturated heterocycles. The SMILES string of the molecule is CCCC1OC(Oc2c(-c3ccc(O)cc3)oc3cc(O)cc(O)c3c2=O)C(O)C(OC(C)=O)C1OC(C)=O. The van der Waals surface area contributed by atoms with Crippen LogP contribution in [0.25, 0.3) is 22.3 Å². The van der Waals surface area contributed by atoms with Crippen molar-refractivity contribution in [1.82, 2.24) is 0 Å². The highest BCUT2D eigenvalue weighted by molar-refractivity contribution is 5.88. The third kappa shape index (κ3) is 5.76. The van der Waals surface area contributed by atoms with Gasteiger partial charge in [0.05, 0.1) is 0 Å². The molecule has 0 bridgehead atoms. The first kappa shape index (κ1) is 27.7. The van der Waals surface area contributed by atoms with E-state index in [1.807, 2.05) is 6.92 Å². The van der Waals surface area contributed by atoms with E-state index < -0.39 is 59.6 Å². The fourth-order valence-electron chi connectivity index (χ4n) is 4.46. The Kier molecular flexibility index (Phi) is 7.98. The largest absolute Gasteiger partial charge is 0.508 e. The summed E-state index contributed by atoms with van der Waals surface area (Å²) in [7, 11) is 0. The Morgan fingerprint density at radius 2 is 1.59 bits per heavy atom. The average molecular weight is 545 g/mol. The zero-order valence-electron chi connectivity index (χ0n) is 21.3. The number of rotatable bonds is 7. The molecular formula is C27H28O12. The Labute approximate surface area is 221 Å². The predicted molar refractivity (Wildman–Crippen MR) is 134 cm³/mol. The van der Waals surface area contributed by atoms with E-state index in [-0.39, 0.29) is 33.8 Å². The Balaban J connectivity index is 1.85. The van der Waals surface area contributed by atoms with Crippen molar-refractivity contribution in [2.24, 2.45) is 0 Å². The molecule has 2 aromatic carbocycles. The van der Waals surface area contributed by atoms with E-state index in [1.54, 1.807) is 0 Å². The van der Waals surface area contributed by atoms with Crippen molar-refractivity contribution in [1.29, 1.82) is 0 Å². The molecule has 1 aromatic heterocycles. The maximum Gasteiger partial charge on any atom is 0.303 e. The molecule has 0 aliphatic carbocycles. The number of aromatic hydroxyl groups is 3. The lowest BCUT2D eigenvalue weighted by molar-refractivity contribution is -0.280. The van der Waals surface area contributed by atoms with Crippen LogP contribution in [0.4, 0.5) is 0 Å². The Morgan fingerprint density at radius 1 is 0.949 bits per heavy atom. The van der Waals surface area contributed by atoms with Gasteiger partial charge < -0.3 is 43.8 Å². The average Bonchev–Trinajstić information content (AvgIpc) is 2.85. The van der Waals surface area contributed by atoms with E-state index in [2.05, 4.69) is 0 Å². The van der Waals surface area contributed by atoms with E-state index in [0.717, 1.165) is 26.0 Å². The Hall–Kier alpha value is -4.29. The van der Waals surface area contributed by atoms with E-state index in [4.69, 9.17) is 23.4 Å². The number of aliphatic hydroxyl groups is 1. The zero-order chi connectivity index (χ0) is 28.4. The van der Waals surface area contributed by atoms with Crippen molar-refractivity contribution < 1.29 is 53.4 Å². The lowest BCUT2D eigenvalue weighted by Gasteiger charge is -2.43. The third-order valence-electron chi connectivity index (χ3n) is 6.07. The molecule has 0 amide bonds. The molecule has 39 heavy (non-hydrogen) atoms. The van der Waals surface area contributed by atoms with E-state index in [9.17, 15) is 34.8 Å². The summed E-state index contributed by atoms with van der Waals surface area (Å²) in [5, 5.41) is 40.8. The van der Waals surface area contributed by atoms with Gasteiger partial charge in [0, 0.05) is 31.5 Å². The highest BCUT2D eigenvalue weighted by Gasteiger charge is 2.50. The van der Waals surface area contributed by atoms with E-state index >= 15 is 0 Å². The summed E-state index contributed by atoms with van der Waals surface area (Å²) in [6, 6.07) is 7.64. The normalized spacial score (nSPS) is 22.8. The van der Waals surface area contributed by atoms with Crippen LogP contribution in [0.5, 0.6) is 23.0 Å². The molecule has 208 valence electrons. The first-order valence-corrected chi connectivity index (χ1v) is 12.2. The molecule has 0 spiro atoms. The van der Waals surface area contributed by atoms with Gasteiger partial charge in [-0.25, -0.2) is 0 Å². The summed E-state index contributed by atoms with van der Waals surface area (Å²) in [6.45, 7) is 4.13. The number of carbonyl (C=O) groups excluding carboxylic acids is 2. The molecule has 1 aliphatic rings. The number of benzene rings is 2. The number of aliphatic hydroxyl groups excluding tert-OH is 1. The summed E-state index contributed by atoms with van der Waals surface area (Å²) in [4.78, 5) is 37.3. The molecule has 1 aliphatic heterocycles. The van der Waals surface area contributed by atoms with E-state index in [0.29, 0.717) is 12.8 Å². The smallest absolute Gasteiger partial charge is 0.303 e. The number of hydrogen-bond donors (Lipinski definition) is 4. The van der Waals surface area contributed by atoms with Gasteiger partial charge in [0.2, 0.25) is 17.5 Å². The molecule has 5 atom stereocenters. The maximum absolute atomic E-state index is 13.6. The van der Waals surface area contributed by atoms with Crippen molar-refractivity contribution in [2.75, 3.05) is 0 Å². The summed E-state index contributed by atoms with van der Waals surface area (Å²) in [5.74, 6) is -3.07. The molecule has 0 saturated carbocycles. The number of ether oxygens (including phenoxy) is 4. The maximum atomic E-state index is 13.6. The predicted octanol–water partition coefficient (Wildman–Crippen LogP) is 2.70. The number of hydrogen-bond acceptors (Lipinski definition) is 12. The zero-order valence-corrected chi connectivity index (χ0v) is 21.3. The molecule has 4 rings (SSSR count). The fraction of sp³-hybridized carbons (Fsp3) is 0.370. The highest BCUT2D eigenvalue weighted by Crippen LogP contribution is 2.38. The van der Waals surface area contributed by atoms with Crippen LogP contribution in [-0.2, 0) is 23.8 Å². The molecule has 12 heteroatoms. The van der Waals surface area contributed by atoms with Crippen LogP contribution < -0.4 is 10.2 Å². The first-order chi connectivity index (χ1) is 18.5. The Morgan fingerprint density at radius 3 is 2.21 bits per heavy atom. The minimum absolute atomic E-state index is 0.0613. The topological polar surface area (TPSA) is 182 Å². The van der Waals surface area contributed by atoms with Gasteiger partial charge in [-0.05, 0) is 30.7 Å². The Bertz CT molecular complexity index is 1430. The van der Waals surface area contributed by atoms with Gasteiger partial charge in [0.15, 0.2) is 24.1 Å². The van der Waals surface area contributed by atoms with Crippen LogP contribution in [0.3, 0.4) is 0 Å². The van der Waals surface area contributed by atoms with Gasteiger partial charge in [-0.2, -0.15) is 0 Å². The molecule has 3 aromatic rings. The first-order valence-electron chi connectivity index (χ1n) is 12.2. The van der Waals surface area contributed by atoms with Crippen molar-refractivity contribution >= 4 is 22.9 Å². The molecule has 2 heterocycles. The minimum atomic E-state index is -1.72. The summed E-state index contributed by atoms with van der Waals surface area (Å²) in [6.07, 6.45) is -5.87. The van der Waals surface area contributed by atoms with Gasteiger partial charge in [-0.15, -0.1) is 0 Å². The second-order valence-electron chi connectivity index (χ2n) is 9.06. The van der Waals surface area contributed by atoms with Crippen LogP contribution in [0, 0.1) is 0 Å². The van der Waals surface area contributed by atoms with Crippen molar-refractivity contribution in [2.45, 2.75) is 64.3 Å². The molecule has 4 N–H and O–H groups in total. The standard InChI is InChI=1S/C27H28O12/c1-4-5-18-24(35-12(2)28)26(36-13(3)29)22(34)27(38-18)39-25-21(33)20-17(32)10-16(31)11-19(20)37-23(25)14-6-8-15(30)9-7-14/h6-11,18,22,24,26-27,30-32,34H,4-5H2,1-3H3. The van der Waals surface area contributed by atoms with Crippen molar-refractivity contribution in [3.05, 3.63) is 46.6 Å². The molecular weight excluding hydrogens is 516 g/mol. The second-order valence-corrected chi connectivity index (χ2v) is 9.06. The second kappa shape index (κ2) is 11.2. The van der Waals surface area contributed by atoms with Crippen LogP contribution >= 0.6 is 0 Å². The molecule has 0 radical (unpaired) electrons. The van der Waals surface area contributed by atoms with Crippen molar-refractivity contribution in [3.63, 3.8) is 0 Å². The molecule has 5 unspecified atom stereocenters. The number of phenolic OH excluding ortho intramolecular Hbond substituents is 3. The number of phenols is 3. The van der Waals surface area contributed by atoms with Gasteiger partial charge in [-0.3, -0.25) is 14.4 Å². The van der Waals surface area contributed by atoms with Gasteiger partial charge in [0.1, 0.15) is 34.3 Å². The molecule has 12 nitrogen and oxygen atoms in total. The number of esters is 2. The van der Waals surface area contributed by atoms with Crippen LogP contribution in [-0.4, -0.2) is 63.1 Å². The lowest BCUT2D eigenvalue weighted by atomic mass is 9.95. The van der Waals surface area contributed by atoms with Crippen LogP contribution in [0.1, 0.15) is 33.6 Å². The number of carbonyl (C=O) groups is 2. The van der Waals surface area contributed by atoms with Crippen LogP contribution in [0.15, 0.2) is 45.6 Å². The van der Waals surface area contributed by atoms with Gasteiger partial charge in [0.25, 0.3) is 0 Å². The quantitative estimate of drug-likeness (QED) is 0.320. The van der Waals surface area contributed by atoms with Gasteiger partial charge >= 0.3 is 11.9 Å². The third-order valence-corrected chi connectivity index (χ3v) is 6.07. The minimum Gasteiger partial charge on any atom is -0.508 e. The van der Waals surface area contributed by atoms with Gasteiger partial charge in [-0.1, -0.05) is 13.3 Å².